The Morgan fingerprint density at radius 2 is 2.42 bits per heavy atom. The highest BCUT2D eigenvalue weighted by Gasteiger charge is 2.06. The van der Waals surface area contributed by atoms with Gasteiger partial charge in [-0.2, -0.15) is 0 Å². The van der Waals surface area contributed by atoms with E-state index in [9.17, 15) is 4.79 Å². The third-order valence-electron chi connectivity index (χ3n) is 1.54. The number of hydrogen-bond acceptors (Lipinski definition) is 3. The summed E-state index contributed by atoms with van der Waals surface area (Å²) in [6.45, 7) is 6.42. The van der Waals surface area contributed by atoms with Gasteiger partial charge in [0.2, 0.25) is 0 Å². The fourth-order valence-electron chi connectivity index (χ4n) is 0.837. The van der Waals surface area contributed by atoms with Crippen LogP contribution in [-0.4, -0.2) is 25.7 Å². The highest BCUT2D eigenvalue weighted by atomic mass is 16.5. The molecular weight excluding hydrogens is 154 g/mol. The predicted molar refractivity (Wildman–Crippen MR) is 48.9 cm³/mol. The average Bonchev–Trinajstić information content (AvgIpc) is 2.05. The lowest BCUT2D eigenvalue weighted by Crippen LogP contribution is -2.29. The molecule has 0 aromatic rings. The Bertz CT molecular complexity index is 145. The normalized spacial score (nSPS) is 12.2. The van der Waals surface area contributed by atoms with Crippen molar-refractivity contribution < 1.29 is 9.53 Å². The molecule has 0 aliphatic heterocycles. The highest BCUT2D eigenvalue weighted by Crippen LogP contribution is 1.92. The zero-order chi connectivity index (χ0) is 9.40. The van der Waals surface area contributed by atoms with Crippen LogP contribution in [0.25, 0.3) is 0 Å². The largest absolute Gasteiger partial charge is 0.469 e. The van der Waals surface area contributed by atoms with Gasteiger partial charge in [0, 0.05) is 6.04 Å². The van der Waals surface area contributed by atoms with Crippen LogP contribution >= 0.6 is 0 Å². The van der Waals surface area contributed by atoms with Crippen molar-refractivity contribution in [3.8, 4) is 0 Å². The van der Waals surface area contributed by atoms with Gasteiger partial charge in [-0.05, 0) is 19.9 Å². The Morgan fingerprint density at radius 1 is 1.75 bits per heavy atom. The van der Waals surface area contributed by atoms with E-state index in [-0.39, 0.29) is 12.0 Å². The van der Waals surface area contributed by atoms with Gasteiger partial charge < -0.3 is 10.1 Å². The third kappa shape index (κ3) is 5.92. The summed E-state index contributed by atoms with van der Waals surface area (Å²) in [5.74, 6) is -0.173. The molecule has 1 N–H and O–H groups in total. The van der Waals surface area contributed by atoms with Gasteiger partial charge in [-0.3, -0.25) is 4.79 Å². The molecule has 70 valence electrons. The minimum Gasteiger partial charge on any atom is -0.469 e. The first-order chi connectivity index (χ1) is 5.70. The molecule has 3 heteroatoms. The molecule has 12 heavy (non-hydrogen) atoms. The fraction of sp³-hybridized carbons (Fsp3) is 0.667. The van der Waals surface area contributed by atoms with Crippen molar-refractivity contribution in [3.63, 3.8) is 0 Å². The first kappa shape index (κ1) is 11.2. The summed E-state index contributed by atoms with van der Waals surface area (Å²) in [6, 6.07) is 0.178. The molecule has 0 rings (SSSR count). The number of carbonyl (C=O) groups excluding carboxylic acids is 1. The molecule has 0 heterocycles. The van der Waals surface area contributed by atoms with Gasteiger partial charge >= 0.3 is 5.97 Å². The highest BCUT2D eigenvalue weighted by molar-refractivity contribution is 5.69. The van der Waals surface area contributed by atoms with E-state index in [2.05, 4.69) is 16.6 Å². The van der Waals surface area contributed by atoms with Crippen molar-refractivity contribution in [1.29, 1.82) is 0 Å². The summed E-state index contributed by atoms with van der Waals surface area (Å²) >= 11 is 0. The predicted octanol–water partition coefficient (Wildman–Crippen LogP) is 1.10. The van der Waals surface area contributed by atoms with Gasteiger partial charge in [0.25, 0.3) is 0 Å². The van der Waals surface area contributed by atoms with Crippen LogP contribution in [0, 0.1) is 0 Å². The minimum atomic E-state index is -0.173. The maximum atomic E-state index is 10.8. The number of ether oxygens (including phenoxy) is 1. The minimum absolute atomic E-state index is 0.173. The molecule has 0 saturated heterocycles. The van der Waals surface area contributed by atoms with Crippen molar-refractivity contribution in [2.24, 2.45) is 0 Å². The summed E-state index contributed by atoms with van der Waals surface area (Å²) in [5, 5.41) is 3.18. The summed E-state index contributed by atoms with van der Waals surface area (Å²) in [6.07, 6.45) is 3.19. The second-order valence-electron chi connectivity index (χ2n) is 2.71. The van der Waals surface area contributed by atoms with Crippen LogP contribution in [0.1, 0.15) is 19.8 Å². The molecular formula is C9H17NO2. The lowest BCUT2D eigenvalue weighted by molar-refractivity contribution is -0.141. The van der Waals surface area contributed by atoms with Gasteiger partial charge in [-0.15, -0.1) is 6.58 Å². The Morgan fingerprint density at radius 3 is 2.92 bits per heavy atom. The monoisotopic (exact) mass is 171 g/mol. The molecule has 0 aliphatic carbocycles. The topological polar surface area (TPSA) is 38.3 Å². The van der Waals surface area contributed by atoms with Crippen LogP contribution in [0.2, 0.25) is 0 Å². The van der Waals surface area contributed by atoms with Gasteiger partial charge in [0.05, 0.1) is 13.5 Å². The lowest BCUT2D eigenvalue weighted by atomic mass is 10.2. The van der Waals surface area contributed by atoms with Crippen LogP contribution in [0.3, 0.4) is 0 Å². The number of hydrogen-bond donors (Lipinski definition) is 1. The Labute approximate surface area is 73.8 Å². The molecule has 0 fully saturated rings. The van der Waals surface area contributed by atoms with Gasteiger partial charge in [-0.1, -0.05) is 6.08 Å². The Balaban J connectivity index is 3.38. The Hall–Kier alpha value is -0.830. The molecule has 0 saturated carbocycles. The van der Waals surface area contributed by atoms with E-state index in [1.165, 1.54) is 7.11 Å². The molecule has 0 bridgehead atoms. The zero-order valence-corrected chi connectivity index (χ0v) is 7.80. The smallest absolute Gasteiger partial charge is 0.307 e. The summed E-state index contributed by atoms with van der Waals surface area (Å²) in [7, 11) is 1.40. The molecule has 0 aromatic carbocycles. The quantitative estimate of drug-likeness (QED) is 0.369. The number of rotatable bonds is 6. The van der Waals surface area contributed by atoms with Gasteiger partial charge in [0.1, 0.15) is 0 Å². The first-order valence-electron chi connectivity index (χ1n) is 4.11. The molecule has 0 aromatic heterocycles. The molecule has 0 spiro atoms. The van der Waals surface area contributed by atoms with Crippen molar-refractivity contribution in [3.05, 3.63) is 12.7 Å². The summed E-state index contributed by atoms with van der Waals surface area (Å²) in [5.41, 5.74) is 0. The van der Waals surface area contributed by atoms with Crippen LogP contribution in [0.4, 0.5) is 0 Å². The molecule has 0 radical (unpaired) electrons. The average molecular weight is 171 g/mol. The summed E-state index contributed by atoms with van der Waals surface area (Å²) in [4.78, 5) is 10.8. The van der Waals surface area contributed by atoms with Crippen molar-refractivity contribution in [2.45, 2.75) is 25.8 Å². The van der Waals surface area contributed by atoms with E-state index in [4.69, 9.17) is 0 Å². The standard InChI is InChI=1S/C9H17NO2/c1-4-5-6-10-8(2)7-9(11)12-3/h4,8,10H,1,5-7H2,2-3H3. The molecule has 1 atom stereocenters. The zero-order valence-electron chi connectivity index (χ0n) is 7.80. The van der Waals surface area contributed by atoms with Gasteiger partial charge in [-0.25, -0.2) is 0 Å². The Kier molecular flexibility index (Phi) is 6.38. The fourth-order valence-corrected chi connectivity index (χ4v) is 0.837. The van der Waals surface area contributed by atoms with Crippen molar-refractivity contribution in [1.82, 2.24) is 5.32 Å². The van der Waals surface area contributed by atoms with E-state index in [0.29, 0.717) is 6.42 Å². The number of carbonyl (C=O) groups is 1. The SMILES string of the molecule is C=CCCNC(C)CC(=O)OC. The van der Waals surface area contributed by atoms with Crippen LogP contribution in [0.15, 0.2) is 12.7 Å². The van der Waals surface area contributed by atoms with E-state index < -0.39 is 0 Å². The molecule has 0 aliphatic rings. The van der Waals surface area contributed by atoms with E-state index in [1.807, 2.05) is 13.0 Å². The van der Waals surface area contributed by atoms with Crippen LogP contribution in [0.5, 0.6) is 0 Å². The lowest BCUT2D eigenvalue weighted by Gasteiger charge is -2.10. The second kappa shape index (κ2) is 6.85. The van der Waals surface area contributed by atoms with Crippen molar-refractivity contribution >= 4 is 5.97 Å². The van der Waals surface area contributed by atoms with Gasteiger partial charge in [0.15, 0.2) is 0 Å². The van der Waals surface area contributed by atoms with E-state index >= 15 is 0 Å². The second-order valence-corrected chi connectivity index (χ2v) is 2.71. The number of nitrogens with one attached hydrogen (secondary N) is 1. The molecule has 3 nitrogen and oxygen atoms in total. The molecule has 0 amide bonds. The maximum absolute atomic E-state index is 10.8. The first-order valence-corrected chi connectivity index (χ1v) is 4.11. The third-order valence-corrected chi connectivity index (χ3v) is 1.54. The van der Waals surface area contributed by atoms with E-state index in [0.717, 1.165) is 13.0 Å². The maximum Gasteiger partial charge on any atom is 0.307 e. The van der Waals surface area contributed by atoms with Crippen molar-refractivity contribution in [2.75, 3.05) is 13.7 Å². The van der Waals surface area contributed by atoms with Crippen LogP contribution < -0.4 is 5.32 Å². The number of methoxy groups -OCH3 is 1. The molecule has 1 unspecified atom stereocenters. The van der Waals surface area contributed by atoms with Crippen LogP contribution in [-0.2, 0) is 9.53 Å². The summed E-state index contributed by atoms with van der Waals surface area (Å²) < 4.78 is 4.53. The number of esters is 1. The van der Waals surface area contributed by atoms with E-state index in [1.54, 1.807) is 0 Å².